The number of aromatic nitrogens is 1. The summed E-state index contributed by atoms with van der Waals surface area (Å²) in [4.78, 5) is 15.1. The topological polar surface area (TPSA) is 62.2 Å². The van der Waals surface area contributed by atoms with E-state index in [0.717, 1.165) is 0 Å². The van der Waals surface area contributed by atoms with Gasteiger partial charge in [-0.05, 0) is 37.3 Å². The number of carbonyl (C=O) groups is 1. The van der Waals surface area contributed by atoms with Crippen molar-refractivity contribution in [3.63, 3.8) is 0 Å². The lowest BCUT2D eigenvalue weighted by atomic mass is 10.2. The van der Waals surface area contributed by atoms with Crippen LogP contribution in [0.5, 0.6) is 0 Å². The maximum atomic E-state index is 13.0. The van der Waals surface area contributed by atoms with Crippen molar-refractivity contribution in [2.75, 3.05) is 5.32 Å². The van der Waals surface area contributed by atoms with E-state index in [1.54, 1.807) is 6.92 Å². The molecule has 2 rings (SSSR count). The Hall–Kier alpha value is -2.14. The number of nitrogens with zero attached hydrogens (tertiary/aromatic N) is 1. The van der Waals surface area contributed by atoms with Gasteiger partial charge in [0.2, 0.25) is 0 Å². The smallest absolute Gasteiger partial charge is 0.335 e. The standard InChI is InChI=1S/C13H10ClFN2O2/c1-7-4-8(13(18)19)5-12(16-7)17-9-2-3-11(15)10(14)6-9/h2-6H,1H3,(H,16,17)(H,18,19). The molecule has 0 amide bonds. The van der Waals surface area contributed by atoms with Gasteiger partial charge < -0.3 is 10.4 Å². The number of anilines is 2. The zero-order valence-electron chi connectivity index (χ0n) is 9.95. The van der Waals surface area contributed by atoms with Crippen LogP contribution >= 0.6 is 11.6 Å². The van der Waals surface area contributed by atoms with Gasteiger partial charge in [0.1, 0.15) is 11.6 Å². The number of nitrogens with one attached hydrogen (secondary N) is 1. The lowest BCUT2D eigenvalue weighted by Gasteiger charge is -2.08. The van der Waals surface area contributed by atoms with Crippen LogP contribution in [0.3, 0.4) is 0 Å². The number of carboxylic acid groups (broad SMARTS) is 1. The van der Waals surface area contributed by atoms with E-state index in [0.29, 0.717) is 17.2 Å². The van der Waals surface area contributed by atoms with Crippen LogP contribution in [0.25, 0.3) is 0 Å². The van der Waals surface area contributed by atoms with Gasteiger partial charge in [-0.3, -0.25) is 0 Å². The van der Waals surface area contributed by atoms with Crippen LogP contribution in [0.4, 0.5) is 15.9 Å². The van der Waals surface area contributed by atoms with Gasteiger partial charge in [0, 0.05) is 11.4 Å². The summed E-state index contributed by atoms with van der Waals surface area (Å²) in [5.74, 6) is -1.19. The fourth-order valence-corrected chi connectivity index (χ4v) is 1.76. The highest BCUT2D eigenvalue weighted by Crippen LogP contribution is 2.22. The zero-order chi connectivity index (χ0) is 14.0. The number of aromatic carboxylic acids is 1. The van der Waals surface area contributed by atoms with Gasteiger partial charge in [-0.25, -0.2) is 14.2 Å². The van der Waals surface area contributed by atoms with Crippen molar-refractivity contribution in [1.29, 1.82) is 0 Å². The van der Waals surface area contributed by atoms with Crippen LogP contribution in [-0.2, 0) is 0 Å². The van der Waals surface area contributed by atoms with Crippen molar-refractivity contribution >= 4 is 29.1 Å². The second-order valence-corrected chi connectivity index (χ2v) is 4.35. The highest BCUT2D eigenvalue weighted by Gasteiger charge is 2.07. The molecule has 0 radical (unpaired) electrons. The van der Waals surface area contributed by atoms with E-state index < -0.39 is 11.8 Å². The van der Waals surface area contributed by atoms with E-state index >= 15 is 0 Å². The summed E-state index contributed by atoms with van der Waals surface area (Å²) >= 11 is 5.66. The van der Waals surface area contributed by atoms with Gasteiger partial charge in [0.05, 0.1) is 10.6 Å². The minimum Gasteiger partial charge on any atom is -0.478 e. The number of benzene rings is 1. The predicted molar refractivity (Wildman–Crippen MR) is 70.6 cm³/mol. The lowest BCUT2D eigenvalue weighted by Crippen LogP contribution is -2.02. The molecule has 0 spiro atoms. The molecule has 0 atom stereocenters. The Balaban J connectivity index is 2.32. The molecular formula is C13H10ClFN2O2. The first kappa shape index (κ1) is 13.3. The highest BCUT2D eigenvalue weighted by atomic mass is 35.5. The number of hydrogen-bond acceptors (Lipinski definition) is 3. The van der Waals surface area contributed by atoms with Gasteiger partial charge in [0.15, 0.2) is 0 Å². The van der Waals surface area contributed by atoms with Crippen LogP contribution in [-0.4, -0.2) is 16.1 Å². The average Bonchev–Trinajstić information content (AvgIpc) is 2.33. The van der Waals surface area contributed by atoms with E-state index in [1.165, 1.54) is 30.3 Å². The zero-order valence-corrected chi connectivity index (χ0v) is 10.7. The number of halogens is 2. The molecule has 0 bridgehead atoms. The van der Waals surface area contributed by atoms with Crippen LogP contribution in [0.1, 0.15) is 16.1 Å². The summed E-state index contributed by atoms with van der Waals surface area (Å²) < 4.78 is 13.0. The van der Waals surface area contributed by atoms with Gasteiger partial charge in [-0.15, -0.1) is 0 Å². The number of carboxylic acids is 1. The minimum absolute atomic E-state index is 0.0175. The molecule has 0 aliphatic carbocycles. The monoisotopic (exact) mass is 280 g/mol. The van der Waals surface area contributed by atoms with Crippen molar-refractivity contribution in [2.45, 2.75) is 6.92 Å². The summed E-state index contributed by atoms with van der Waals surface area (Å²) in [6, 6.07) is 6.98. The van der Waals surface area contributed by atoms with Crippen molar-refractivity contribution < 1.29 is 14.3 Å². The minimum atomic E-state index is -1.04. The Morgan fingerprint density at radius 2 is 2.11 bits per heavy atom. The predicted octanol–water partition coefficient (Wildman–Crippen LogP) is 3.62. The SMILES string of the molecule is Cc1cc(C(=O)O)cc(Nc2ccc(F)c(Cl)c2)n1. The molecular weight excluding hydrogens is 271 g/mol. The number of rotatable bonds is 3. The molecule has 0 fully saturated rings. The van der Waals surface area contributed by atoms with Gasteiger partial charge in [0.25, 0.3) is 0 Å². The van der Waals surface area contributed by atoms with E-state index in [4.69, 9.17) is 16.7 Å². The average molecular weight is 281 g/mol. The Bertz CT molecular complexity index is 647. The van der Waals surface area contributed by atoms with Crippen LogP contribution in [0.15, 0.2) is 30.3 Å². The van der Waals surface area contributed by atoms with Crippen molar-refractivity contribution in [3.05, 3.63) is 52.4 Å². The molecule has 98 valence electrons. The quantitative estimate of drug-likeness (QED) is 0.901. The lowest BCUT2D eigenvalue weighted by molar-refractivity contribution is 0.0696. The largest absolute Gasteiger partial charge is 0.478 e. The first-order valence-electron chi connectivity index (χ1n) is 5.40. The summed E-state index contributed by atoms with van der Waals surface area (Å²) in [7, 11) is 0. The second kappa shape index (κ2) is 5.24. The van der Waals surface area contributed by atoms with Crippen LogP contribution in [0.2, 0.25) is 5.02 Å². The third-order valence-corrected chi connectivity index (χ3v) is 2.68. The van der Waals surface area contributed by atoms with Crippen molar-refractivity contribution in [3.8, 4) is 0 Å². The summed E-state index contributed by atoms with van der Waals surface area (Å²) in [6.45, 7) is 1.69. The molecule has 19 heavy (non-hydrogen) atoms. The van der Waals surface area contributed by atoms with Crippen LogP contribution < -0.4 is 5.32 Å². The molecule has 0 unspecified atom stereocenters. The molecule has 1 heterocycles. The van der Waals surface area contributed by atoms with Crippen molar-refractivity contribution in [2.24, 2.45) is 0 Å². The molecule has 4 nitrogen and oxygen atoms in total. The van der Waals surface area contributed by atoms with E-state index in [1.807, 2.05) is 0 Å². The Labute approximate surface area is 113 Å². The Morgan fingerprint density at radius 1 is 1.37 bits per heavy atom. The van der Waals surface area contributed by atoms with Crippen LogP contribution in [0, 0.1) is 12.7 Å². The van der Waals surface area contributed by atoms with E-state index in [-0.39, 0.29) is 10.6 Å². The second-order valence-electron chi connectivity index (χ2n) is 3.94. The molecule has 0 aliphatic rings. The van der Waals surface area contributed by atoms with Gasteiger partial charge >= 0.3 is 5.97 Å². The summed E-state index contributed by atoms with van der Waals surface area (Å²) in [5, 5.41) is 11.8. The molecule has 0 aliphatic heterocycles. The highest BCUT2D eigenvalue weighted by molar-refractivity contribution is 6.31. The number of pyridine rings is 1. The number of aryl methyl sites for hydroxylation is 1. The summed E-state index contributed by atoms with van der Waals surface area (Å²) in [5.41, 5.74) is 1.22. The fourth-order valence-electron chi connectivity index (χ4n) is 1.58. The molecule has 0 saturated carbocycles. The molecule has 1 aromatic carbocycles. The summed E-state index contributed by atoms with van der Waals surface area (Å²) in [6.07, 6.45) is 0. The Kier molecular flexibility index (Phi) is 3.66. The third-order valence-electron chi connectivity index (χ3n) is 2.39. The fraction of sp³-hybridized carbons (Fsp3) is 0.0769. The maximum Gasteiger partial charge on any atom is 0.335 e. The molecule has 6 heteroatoms. The normalized spacial score (nSPS) is 10.3. The molecule has 2 aromatic rings. The molecule has 1 aromatic heterocycles. The number of hydrogen-bond donors (Lipinski definition) is 2. The van der Waals surface area contributed by atoms with E-state index in [9.17, 15) is 9.18 Å². The maximum absolute atomic E-state index is 13.0. The van der Waals surface area contributed by atoms with Crippen molar-refractivity contribution in [1.82, 2.24) is 4.98 Å². The first-order valence-corrected chi connectivity index (χ1v) is 5.77. The van der Waals surface area contributed by atoms with E-state index in [2.05, 4.69) is 10.3 Å². The first-order chi connectivity index (χ1) is 8.95. The molecule has 2 N–H and O–H groups in total. The van der Waals surface area contributed by atoms with Gasteiger partial charge in [-0.1, -0.05) is 11.6 Å². The molecule has 0 saturated heterocycles. The van der Waals surface area contributed by atoms with Gasteiger partial charge in [-0.2, -0.15) is 0 Å². The Morgan fingerprint density at radius 3 is 2.74 bits per heavy atom. The third kappa shape index (κ3) is 3.20.